The van der Waals surface area contributed by atoms with E-state index >= 15 is 0 Å². The third-order valence-electron chi connectivity index (χ3n) is 5.57. The van der Waals surface area contributed by atoms with Gasteiger partial charge in [-0.3, -0.25) is 4.90 Å². The summed E-state index contributed by atoms with van der Waals surface area (Å²) in [6, 6.07) is 1.21. The monoisotopic (exact) mass is 237 g/mol. The standard InChI is InChI=1S/C14H27N3/c1-10-8-16(2)5-6-17(10)9-13-11-3-4-12(7-11)14(13)15/h10-14H,3-9,15H2,1-2H3. The van der Waals surface area contributed by atoms with Gasteiger partial charge in [0.1, 0.15) is 0 Å². The molecule has 17 heavy (non-hydrogen) atoms. The molecule has 3 fully saturated rings. The number of nitrogens with zero attached hydrogens (tertiary/aromatic N) is 2. The molecular weight excluding hydrogens is 210 g/mol. The molecule has 0 aromatic carbocycles. The summed E-state index contributed by atoms with van der Waals surface area (Å²) in [7, 11) is 2.23. The van der Waals surface area contributed by atoms with Crippen LogP contribution in [0, 0.1) is 17.8 Å². The Bertz CT molecular complexity index is 279. The normalized spacial score (nSPS) is 47.8. The Morgan fingerprint density at radius 1 is 1.18 bits per heavy atom. The lowest BCUT2D eigenvalue weighted by atomic mass is 9.84. The molecule has 0 amide bonds. The van der Waals surface area contributed by atoms with Gasteiger partial charge in [-0.1, -0.05) is 0 Å². The Balaban J connectivity index is 1.60. The smallest absolute Gasteiger partial charge is 0.0195 e. The topological polar surface area (TPSA) is 32.5 Å². The van der Waals surface area contributed by atoms with Crippen LogP contribution in [-0.2, 0) is 0 Å². The lowest BCUT2D eigenvalue weighted by Gasteiger charge is -2.41. The summed E-state index contributed by atoms with van der Waals surface area (Å²) < 4.78 is 0. The largest absolute Gasteiger partial charge is 0.327 e. The Morgan fingerprint density at radius 3 is 2.59 bits per heavy atom. The number of hydrogen-bond donors (Lipinski definition) is 1. The molecule has 0 spiro atoms. The predicted molar refractivity (Wildman–Crippen MR) is 70.8 cm³/mol. The van der Waals surface area contributed by atoms with Crippen molar-refractivity contribution in [1.82, 2.24) is 9.80 Å². The molecule has 0 radical (unpaired) electrons. The van der Waals surface area contributed by atoms with Crippen molar-refractivity contribution in [2.45, 2.75) is 38.3 Å². The number of likely N-dealkylation sites (N-methyl/N-ethyl adjacent to an activating group) is 1. The molecule has 98 valence electrons. The Morgan fingerprint density at radius 2 is 1.94 bits per heavy atom. The van der Waals surface area contributed by atoms with Crippen molar-refractivity contribution in [3.63, 3.8) is 0 Å². The number of rotatable bonds is 2. The maximum absolute atomic E-state index is 6.42. The first-order chi connectivity index (χ1) is 8.15. The Hall–Kier alpha value is -0.120. The second-order valence-electron chi connectivity index (χ2n) is 6.68. The van der Waals surface area contributed by atoms with Gasteiger partial charge in [-0.15, -0.1) is 0 Å². The van der Waals surface area contributed by atoms with Crippen LogP contribution in [-0.4, -0.2) is 55.1 Å². The molecule has 2 bridgehead atoms. The highest BCUT2D eigenvalue weighted by Gasteiger charge is 2.46. The lowest BCUT2D eigenvalue weighted by molar-refractivity contribution is 0.0700. The van der Waals surface area contributed by atoms with E-state index in [1.165, 1.54) is 45.4 Å². The highest BCUT2D eigenvalue weighted by molar-refractivity contribution is 5.00. The number of piperazine rings is 1. The van der Waals surface area contributed by atoms with Crippen LogP contribution >= 0.6 is 0 Å². The van der Waals surface area contributed by atoms with Gasteiger partial charge in [0.2, 0.25) is 0 Å². The molecule has 3 aliphatic rings. The van der Waals surface area contributed by atoms with E-state index in [2.05, 4.69) is 23.8 Å². The molecule has 2 saturated carbocycles. The minimum Gasteiger partial charge on any atom is -0.327 e. The molecule has 5 unspecified atom stereocenters. The number of nitrogens with two attached hydrogens (primary N) is 1. The van der Waals surface area contributed by atoms with Crippen molar-refractivity contribution in [2.75, 3.05) is 33.2 Å². The van der Waals surface area contributed by atoms with Crippen LogP contribution in [0.25, 0.3) is 0 Å². The van der Waals surface area contributed by atoms with Gasteiger partial charge >= 0.3 is 0 Å². The molecule has 2 aliphatic carbocycles. The fourth-order valence-corrected chi connectivity index (χ4v) is 4.45. The second-order valence-corrected chi connectivity index (χ2v) is 6.68. The maximum atomic E-state index is 6.42. The second kappa shape index (κ2) is 4.52. The van der Waals surface area contributed by atoms with Gasteiger partial charge in [0.15, 0.2) is 0 Å². The summed E-state index contributed by atoms with van der Waals surface area (Å²) in [5.41, 5.74) is 6.42. The first-order valence-corrected chi connectivity index (χ1v) is 7.33. The first kappa shape index (κ1) is 11.9. The van der Waals surface area contributed by atoms with Crippen LogP contribution in [0.2, 0.25) is 0 Å². The highest BCUT2D eigenvalue weighted by atomic mass is 15.3. The molecule has 3 rings (SSSR count). The van der Waals surface area contributed by atoms with E-state index in [0.717, 1.165) is 17.8 Å². The molecule has 0 aromatic rings. The van der Waals surface area contributed by atoms with Crippen molar-refractivity contribution in [3.8, 4) is 0 Å². The van der Waals surface area contributed by atoms with Crippen molar-refractivity contribution in [2.24, 2.45) is 23.5 Å². The van der Waals surface area contributed by atoms with E-state index in [0.29, 0.717) is 12.1 Å². The molecule has 1 saturated heterocycles. The molecule has 3 heteroatoms. The van der Waals surface area contributed by atoms with E-state index < -0.39 is 0 Å². The minimum absolute atomic E-state index is 0.501. The summed E-state index contributed by atoms with van der Waals surface area (Å²) in [5.74, 6) is 2.59. The van der Waals surface area contributed by atoms with Gasteiger partial charge < -0.3 is 10.6 Å². The maximum Gasteiger partial charge on any atom is 0.0195 e. The zero-order valence-corrected chi connectivity index (χ0v) is 11.3. The van der Waals surface area contributed by atoms with Crippen LogP contribution in [0.1, 0.15) is 26.2 Å². The van der Waals surface area contributed by atoms with E-state index in [4.69, 9.17) is 5.73 Å². The molecular formula is C14H27N3. The van der Waals surface area contributed by atoms with Gasteiger partial charge in [0.05, 0.1) is 0 Å². The Kier molecular flexibility index (Phi) is 3.18. The van der Waals surface area contributed by atoms with Gasteiger partial charge in [0, 0.05) is 38.3 Å². The van der Waals surface area contributed by atoms with Crippen molar-refractivity contribution in [3.05, 3.63) is 0 Å². The van der Waals surface area contributed by atoms with Crippen LogP contribution in [0.5, 0.6) is 0 Å². The molecule has 0 aromatic heterocycles. The summed E-state index contributed by atoms with van der Waals surface area (Å²) in [6.45, 7) is 7.31. The van der Waals surface area contributed by atoms with Crippen molar-refractivity contribution >= 4 is 0 Å². The van der Waals surface area contributed by atoms with Crippen LogP contribution < -0.4 is 5.73 Å². The molecule has 3 nitrogen and oxygen atoms in total. The van der Waals surface area contributed by atoms with Gasteiger partial charge in [0.25, 0.3) is 0 Å². The van der Waals surface area contributed by atoms with Gasteiger partial charge in [-0.25, -0.2) is 0 Å². The van der Waals surface area contributed by atoms with E-state index in [9.17, 15) is 0 Å². The van der Waals surface area contributed by atoms with E-state index in [-0.39, 0.29) is 0 Å². The summed E-state index contributed by atoms with van der Waals surface area (Å²) in [4.78, 5) is 5.13. The lowest BCUT2D eigenvalue weighted by Crippen LogP contribution is -2.54. The average Bonchev–Trinajstić information content (AvgIpc) is 2.85. The van der Waals surface area contributed by atoms with Crippen LogP contribution in [0.4, 0.5) is 0 Å². The summed E-state index contributed by atoms with van der Waals surface area (Å²) in [6.07, 6.45) is 4.28. The fraction of sp³-hybridized carbons (Fsp3) is 1.00. The molecule has 1 aliphatic heterocycles. The molecule has 5 atom stereocenters. The third kappa shape index (κ3) is 2.13. The molecule has 2 N–H and O–H groups in total. The predicted octanol–water partition coefficient (Wildman–Crippen LogP) is 0.996. The van der Waals surface area contributed by atoms with Crippen LogP contribution in [0.3, 0.4) is 0 Å². The van der Waals surface area contributed by atoms with Crippen molar-refractivity contribution < 1.29 is 0 Å². The summed E-state index contributed by atoms with van der Waals surface area (Å²) in [5, 5.41) is 0. The average molecular weight is 237 g/mol. The minimum atomic E-state index is 0.501. The van der Waals surface area contributed by atoms with E-state index in [1.54, 1.807) is 0 Å². The highest BCUT2D eigenvalue weighted by Crippen LogP contribution is 2.47. The summed E-state index contributed by atoms with van der Waals surface area (Å²) >= 11 is 0. The van der Waals surface area contributed by atoms with Crippen LogP contribution in [0.15, 0.2) is 0 Å². The third-order valence-corrected chi connectivity index (χ3v) is 5.57. The fourth-order valence-electron chi connectivity index (χ4n) is 4.45. The van der Waals surface area contributed by atoms with Gasteiger partial charge in [-0.05, 0) is 51.0 Å². The number of fused-ring (bicyclic) bond motifs is 2. The Labute approximate surface area is 105 Å². The van der Waals surface area contributed by atoms with E-state index in [1.807, 2.05) is 0 Å². The zero-order chi connectivity index (χ0) is 12.0. The quantitative estimate of drug-likeness (QED) is 0.777. The SMILES string of the molecule is CC1CN(C)CCN1CC1C2CCC(C2)C1N. The van der Waals surface area contributed by atoms with Crippen molar-refractivity contribution in [1.29, 1.82) is 0 Å². The molecule has 1 heterocycles. The van der Waals surface area contributed by atoms with Gasteiger partial charge in [-0.2, -0.15) is 0 Å². The number of hydrogen-bond acceptors (Lipinski definition) is 3. The first-order valence-electron chi connectivity index (χ1n) is 7.33. The zero-order valence-electron chi connectivity index (χ0n) is 11.3.